The topological polar surface area (TPSA) is 98.7 Å². The minimum atomic E-state index is -0.935. The lowest BCUT2D eigenvalue weighted by Gasteiger charge is -2.20. The largest absolute Gasteiger partial charge is 0.507 e. The summed E-state index contributed by atoms with van der Waals surface area (Å²) in [5.41, 5.74) is 1.33. The van der Waals surface area contributed by atoms with Gasteiger partial charge in [0.05, 0.1) is 10.6 Å². The van der Waals surface area contributed by atoms with Crippen molar-refractivity contribution in [2.24, 2.45) is 0 Å². The number of halogens is 1. The number of carbonyl (C=O) groups is 2. The fraction of sp³-hybridized carbons (Fsp3) is 0.158. The van der Waals surface area contributed by atoms with E-state index in [2.05, 4.69) is 23.8 Å². The van der Waals surface area contributed by atoms with Crippen LogP contribution in [0.5, 0.6) is 11.5 Å². The Balaban J connectivity index is 0.00000163. The van der Waals surface area contributed by atoms with Crippen LogP contribution in [0.3, 0.4) is 0 Å². The van der Waals surface area contributed by atoms with E-state index < -0.39 is 23.6 Å². The van der Waals surface area contributed by atoms with Crippen molar-refractivity contribution in [3.63, 3.8) is 0 Å². The molecule has 138 valence electrons. The molecule has 0 saturated heterocycles. The lowest BCUT2D eigenvalue weighted by molar-refractivity contribution is -0.122. The zero-order valence-electron chi connectivity index (χ0n) is 14.5. The molecule has 2 aromatic carbocycles. The quantitative estimate of drug-likeness (QED) is 0.616. The van der Waals surface area contributed by atoms with Gasteiger partial charge >= 0.3 is 0 Å². The molecular formula is C19H21ClN2O4. The zero-order chi connectivity index (χ0) is 19.9. The molecule has 4 N–H and O–H groups in total. The molecule has 0 aliphatic rings. The van der Waals surface area contributed by atoms with Crippen LogP contribution in [0.1, 0.15) is 27.5 Å². The van der Waals surface area contributed by atoms with Crippen LogP contribution in [-0.4, -0.2) is 29.1 Å². The third-order valence-corrected chi connectivity index (χ3v) is 3.90. The Morgan fingerprint density at radius 3 is 2.31 bits per heavy atom. The van der Waals surface area contributed by atoms with Crippen molar-refractivity contribution in [3.05, 3.63) is 71.3 Å². The molecule has 1 unspecified atom stereocenters. The van der Waals surface area contributed by atoms with Gasteiger partial charge in [-0.15, -0.1) is 13.2 Å². The molecule has 2 aromatic rings. The molecule has 0 spiro atoms. The first-order chi connectivity index (χ1) is 12.3. The Bertz CT molecular complexity index is 808. The summed E-state index contributed by atoms with van der Waals surface area (Å²) < 4.78 is 0. The Morgan fingerprint density at radius 2 is 1.73 bits per heavy atom. The molecule has 7 heteroatoms. The fourth-order valence-electron chi connectivity index (χ4n) is 2.28. The first kappa shape index (κ1) is 21.1. The molecule has 0 radical (unpaired) electrons. The van der Waals surface area contributed by atoms with Crippen LogP contribution in [0.15, 0.2) is 49.6 Å². The maximum absolute atomic E-state index is 12.5. The number of aromatic hydroxyl groups is 2. The number of rotatable bonds is 4. The van der Waals surface area contributed by atoms with Crippen molar-refractivity contribution < 1.29 is 19.8 Å². The third-order valence-electron chi connectivity index (χ3n) is 3.59. The number of carbonyl (C=O) groups excluding carboxylic acids is 2. The number of nitrogens with one attached hydrogen (secondary N) is 2. The predicted molar refractivity (Wildman–Crippen MR) is 101 cm³/mol. The van der Waals surface area contributed by atoms with Gasteiger partial charge in [-0.2, -0.15) is 0 Å². The number of hydrogen-bond donors (Lipinski definition) is 4. The van der Waals surface area contributed by atoms with Crippen molar-refractivity contribution in [2.45, 2.75) is 13.0 Å². The van der Waals surface area contributed by atoms with E-state index in [1.54, 1.807) is 12.1 Å². The summed E-state index contributed by atoms with van der Waals surface area (Å²) in [5.74, 6) is -1.87. The lowest BCUT2D eigenvalue weighted by Crippen LogP contribution is -2.39. The van der Waals surface area contributed by atoms with E-state index in [1.807, 2.05) is 19.1 Å². The maximum Gasteiger partial charge on any atom is 0.255 e. The van der Waals surface area contributed by atoms with Gasteiger partial charge in [-0.25, -0.2) is 0 Å². The molecule has 0 bridgehead atoms. The van der Waals surface area contributed by atoms with E-state index in [9.17, 15) is 19.8 Å². The average Bonchev–Trinajstić information content (AvgIpc) is 2.64. The second kappa shape index (κ2) is 9.48. The van der Waals surface area contributed by atoms with Crippen LogP contribution in [0, 0.1) is 6.92 Å². The minimum absolute atomic E-state index is 0.0784. The highest BCUT2D eigenvalue weighted by atomic mass is 35.5. The van der Waals surface area contributed by atoms with Gasteiger partial charge in [0.15, 0.2) is 0 Å². The molecule has 0 saturated carbocycles. The predicted octanol–water partition coefficient (Wildman–Crippen LogP) is 3.08. The molecule has 0 aliphatic heterocycles. The first-order valence-corrected chi connectivity index (χ1v) is 8.02. The average molecular weight is 377 g/mol. The summed E-state index contributed by atoms with van der Waals surface area (Å²) in [7, 11) is 1.47. The highest BCUT2D eigenvalue weighted by molar-refractivity contribution is 6.32. The van der Waals surface area contributed by atoms with Gasteiger partial charge in [0, 0.05) is 13.1 Å². The number of amides is 2. The Hall–Kier alpha value is -2.99. The van der Waals surface area contributed by atoms with Gasteiger partial charge in [0.2, 0.25) is 5.91 Å². The van der Waals surface area contributed by atoms with E-state index >= 15 is 0 Å². The molecular weight excluding hydrogens is 356 g/mol. The summed E-state index contributed by atoms with van der Waals surface area (Å²) in [4.78, 5) is 24.6. The normalized spacial score (nSPS) is 10.9. The number of likely N-dealkylation sites (N-methyl/N-ethyl adjacent to an activating group) is 1. The van der Waals surface area contributed by atoms with Crippen LogP contribution in [0.2, 0.25) is 5.02 Å². The SMILES string of the molecule is C=C.CNC(=O)C(NC(=O)c1cc(Cl)c(O)cc1O)c1ccccc1C. The molecule has 26 heavy (non-hydrogen) atoms. The first-order valence-electron chi connectivity index (χ1n) is 7.64. The van der Waals surface area contributed by atoms with E-state index in [0.29, 0.717) is 5.56 Å². The smallest absolute Gasteiger partial charge is 0.255 e. The van der Waals surface area contributed by atoms with Gasteiger partial charge in [-0.1, -0.05) is 35.9 Å². The van der Waals surface area contributed by atoms with Crippen molar-refractivity contribution >= 4 is 23.4 Å². The van der Waals surface area contributed by atoms with Crippen molar-refractivity contribution in [3.8, 4) is 11.5 Å². The van der Waals surface area contributed by atoms with Gasteiger partial charge in [-0.3, -0.25) is 9.59 Å². The Kier molecular flexibility index (Phi) is 7.68. The molecule has 2 amide bonds. The van der Waals surface area contributed by atoms with Gasteiger partial charge in [-0.05, 0) is 24.1 Å². The number of aryl methyl sites for hydroxylation is 1. The summed E-state index contributed by atoms with van der Waals surface area (Å²) in [5, 5.41) is 24.3. The highest BCUT2D eigenvalue weighted by Crippen LogP contribution is 2.31. The van der Waals surface area contributed by atoms with Crippen LogP contribution in [0.4, 0.5) is 0 Å². The van der Waals surface area contributed by atoms with Crippen LogP contribution < -0.4 is 10.6 Å². The summed E-state index contributed by atoms with van der Waals surface area (Å²) >= 11 is 5.78. The summed E-state index contributed by atoms with van der Waals surface area (Å²) in [6, 6.07) is 8.33. The molecule has 0 aromatic heterocycles. The van der Waals surface area contributed by atoms with E-state index in [0.717, 1.165) is 17.7 Å². The van der Waals surface area contributed by atoms with Crippen LogP contribution >= 0.6 is 11.6 Å². The van der Waals surface area contributed by atoms with Gasteiger partial charge < -0.3 is 20.8 Å². The van der Waals surface area contributed by atoms with E-state index in [1.165, 1.54) is 7.05 Å². The number of benzene rings is 2. The monoisotopic (exact) mass is 376 g/mol. The molecule has 2 rings (SSSR count). The standard InChI is InChI=1S/C17H17ClN2O4.C2H4/c1-9-5-3-4-6-10(9)15(17(24)19-2)20-16(23)11-7-12(18)14(22)8-13(11)21;1-2/h3-8,15,21-22H,1-2H3,(H,19,24)(H,20,23);1-2H2. The minimum Gasteiger partial charge on any atom is -0.507 e. The zero-order valence-corrected chi connectivity index (χ0v) is 15.3. The lowest BCUT2D eigenvalue weighted by atomic mass is 10.00. The Labute approximate surface area is 157 Å². The number of phenols is 2. The summed E-state index contributed by atoms with van der Waals surface area (Å²) in [6.07, 6.45) is 0. The van der Waals surface area contributed by atoms with Crippen molar-refractivity contribution in [2.75, 3.05) is 7.05 Å². The fourth-order valence-corrected chi connectivity index (χ4v) is 2.44. The second-order valence-electron chi connectivity index (χ2n) is 5.20. The van der Waals surface area contributed by atoms with Crippen molar-refractivity contribution in [1.82, 2.24) is 10.6 Å². The molecule has 6 nitrogen and oxygen atoms in total. The van der Waals surface area contributed by atoms with Crippen LogP contribution in [0.25, 0.3) is 0 Å². The third kappa shape index (κ3) is 4.77. The van der Waals surface area contributed by atoms with E-state index in [4.69, 9.17) is 11.6 Å². The molecule has 0 heterocycles. The maximum atomic E-state index is 12.5. The highest BCUT2D eigenvalue weighted by Gasteiger charge is 2.25. The van der Waals surface area contributed by atoms with Crippen molar-refractivity contribution in [1.29, 1.82) is 0 Å². The number of phenolic OH excluding ortho intramolecular Hbond substituents is 2. The van der Waals surface area contributed by atoms with Gasteiger partial charge in [0.1, 0.15) is 17.5 Å². The molecule has 0 fully saturated rings. The summed E-state index contributed by atoms with van der Waals surface area (Å²) in [6.45, 7) is 7.83. The molecule has 0 aliphatic carbocycles. The second-order valence-corrected chi connectivity index (χ2v) is 5.61. The van der Waals surface area contributed by atoms with Gasteiger partial charge in [0.25, 0.3) is 5.91 Å². The van der Waals surface area contributed by atoms with Crippen LogP contribution in [-0.2, 0) is 4.79 Å². The van der Waals surface area contributed by atoms with E-state index in [-0.39, 0.29) is 16.3 Å². The number of hydrogen-bond acceptors (Lipinski definition) is 4. The Morgan fingerprint density at radius 1 is 1.12 bits per heavy atom. The molecule has 1 atom stereocenters.